The molecular weight excluding hydrogens is 545 g/mol. The molecule has 0 aliphatic carbocycles. The SMILES string of the molecule is CCNC(=NCc1ccc(S(=O)(=O)NCC2CCCO2)cc1)NCc1nc(C)c(C)o1.I. The van der Waals surface area contributed by atoms with Gasteiger partial charge in [0.05, 0.1) is 29.8 Å². The number of sulfonamides is 1. The van der Waals surface area contributed by atoms with Crippen molar-refractivity contribution in [3.8, 4) is 0 Å². The molecule has 178 valence electrons. The Morgan fingerprint density at radius 3 is 2.56 bits per heavy atom. The highest BCUT2D eigenvalue weighted by atomic mass is 127. The van der Waals surface area contributed by atoms with Gasteiger partial charge in [-0.25, -0.2) is 23.1 Å². The fraction of sp³-hybridized carbons (Fsp3) is 0.524. The number of aryl methyl sites for hydroxylation is 2. The number of hydrogen-bond acceptors (Lipinski definition) is 6. The summed E-state index contributed by atoms with van der Waals surface area (Å²) in [5.74, 6) is 2.04. The third-order valence-electron chi connectivity index (χ3n) is 5.00. The molecule has 0 amide bonds. The second-order valence-corrected chi connectivity index (χ2v) is 9.20. The third-order valence-corrected chi connectivity index (χ3v) is 6.44. The quantitative estimate of drug-likeness (QED) is 0.238. The molecule has 0 radical (unpaired) electrons. The van der Waals surface area contributed by atoms with E-state index < -0.39 is 10.0 Å². The molecule has 9 nitrogen and oxygen atoms in total. The van der Waals surface area contributed by atoms with Crippen LogP contribution in [0.4, 0.5) is 0 Å². The molecule has 0 bridgehead atoms. The van der Waals surface area contributed by atoms with Gasteiger partial charge in [0.2, 0.25) is 15.9 Å². The largest absolute Gasteiger partial charge is 0.444 e. The molecule has 1 atom stereocenters. The average molecular weight is 577 g/mol. The van der Waals surface area contributed by atoms with Crippen LogP contribution in [0.1, 0.15) is 42.7 Å². The Morgan fingerprint density at radius 1 is 1.22 bits per heavy atom. The molecule has 1 aromatic carbocycles. The molecule has 3 rings (SSSR count). The first kappa shape index (κ1) is 26.6. The van der Waals surface area contributed by atoms with Gasteiger partial charge >= 0.3 is 0 Å². The second-order valence-electron chi connectivity index (χ2n) is 7.43. The van der Waals surface area contributed by atoms with Gasteiger partial charge < -0.3 is 19.8 Å². The van der Waals surface area contributed by atoms with Crippen LogP contribution >= 0.6 is 24.0 Å². The predicted molar refractivity (Wildman–Crippen MR) is 134 cm³/mol. The summed E-state index contributed by atoms with van der Waals surface area (Å²) in [7, 11) is -3.55. The van der Waals surface area contributed by atoms with Crippen LogP contribution in [0.3, 0.4) is 0 Å². The number of benzene rings is 1. The van der Waals surface area contributed by atoms with Gasteiger partial charge in [0.15, 0.2) is 5.96 Å². The first-order valence-corrected chi connectivity index (χ1v) is 12.0. The summed E-state index contributed by atoms with van der Waals surface area (Å²) in [5.41, 5.74) is 1.78. The second kappa shape index (κ2) is 12.5. The normalized spacial score (nSPS) is 16.6. The molecule has 2 aromatic rings. The Balaban J connectivity index is 0.00000363. The Bertz CT molecular complexity index is 967. The van der Waals surface area contributed by atoms with E-state index in [-0.39, 0.29) is 35.0 Å². The lowest BCUT2D eigenvalue weighted by atomic mass is 10.2. The zero-order valence-corrected chi connectivity index (χ0v) is 21.8. The number of hydrogen-bond donors (Lipinski definition) is 3. The lowest BCUT2D eigenvalue weighted by molar-refractivity contribution is 0.114. The van der Waals surface area contributed by atoms with Gasteiger partial charge in [0, 0.05) is 19.7 Å². The Hall–Kier alpha value is -1.70. The van der Waals surface area contributed by atoms with Crippen molar-refractivity contribution in [2.75, 3.05) is 19.7 Å². The summed E-state index contributed by atoms with van der Waals surface area (Å²) < 4.78 is 38.6. The van der Waals surface area contributed by atoms with Crippen molar-refractivity contribution in [3.63, 3.8) is 0 Å². The highest BCUT2D eigenvalue weighted by molar-refractivity contribution is 14.0. The molecule has 0 spiro atoms. The maximum Gasteiger partial charge on any atom is 0.240 e. The number of nitrogens with zero attached hydrogens (tertiary/aromatic N) is 2. The summed E-state index contributed by atoms with van der Waals surface area (Å²) in [6.45, 7) is 8.31. The number of ether oxygens (including phenoxy) is 1. The van der Waals surface area contributed by atoms with Crippen molar-refractivity contribution in [2.45, 2.75) is 57.7 Å². The number of aliphatic imine (C=N–C) groups is 1. The highest BCUT2D eigenvalue weighted by Crippen LogP contribution is 2.14. The van der Waals surface area contributed by atoms with Gasteiger partial charge in [-0.1, -0.05) is 12.1 Å². The van der Waals surface area contributed by atoms with Gasteiger partial charge in [0.1, 0.15) is 5.76 Å². The Labute approximate surface area is 206 Å². The molecule has 1 aliphatic rings. The van der Waals surface area contributed by atoms with E-state index >= 15 is 0 Å². The van der Waals surface area contributed by atoms with Gasteiger partial charge in [-0.2, -0.15) is 0 Å². The third kappa shape index (κ3) is 7.71. The van der Waals surface area contributed by atoms with Crippen LogP contribution in [-0.2, 0) is 27.8 Å². The van der Waals surface area contributed by atoms with Crippen LogP contribution in [0.15, 0.2) is 38.6 Å². The van der Waals surface area contributed by atoms with Crippen LogP contribution in [0.2, 0.25) is 0 Å². The van der Waals surface area contributed by atoms with Gasteiger partial charge in [0.25, 0.3) is 0 Å². The standard InChI is InChI=1S/C21H31N5O4S.HI/c1-4-22-21(24-14-20-26-15(2)16(3)30-20)23-12-17-7-9-19(10-8-17)31(27,28)25-13-18-6-5-11-29-18;/h7-10,18,25H,4-6,11-14H2,1-3H3,(H2,22,23,24);1H. The zero-order valence-electron chi connectivity index (χ0n) is 18.7. The fourth-order valence-electron chi connectivity index (χ4n) is 3.15. The molecule has 1 aliphatic heterocycles. The van der Waals surface area contributed by atoms with Crippen molar-refractivity contribution < 1.29 is 17.6 Å². The Kier molecular flexibility index (Phi) is 10.4. The lowest BCUT2D eigenvalue weighted by Gasteiger charge is -2.12. The first-order valence-electron chi connectivity index (χ1n) is 10.5. The summed E-state index contributed by atoms with van der Waals surface area (Å²) >= 11 is 0. The fourth-order valence-corrected chi connectivity index (χ4v) is 4.22. The monoisotopic (exact) mass is 577 g/mol. The molecule has 0 saturated carbocycles. The van der Waals surface area contributed by atoms with Gasteiger partial charge in [-0.3, -0.25) is 0 Å². The van der Waals surface area contributed by atoms with E-state index in [0.717, 1.165) is 29.9 Å². The number of halogens is 1. The van der Waals surface area contributed by atoms with Crippen molar-refractivity contribution in [2.24, 2.45) is 4.99 Å². The maximum atomic E-state index is 12.5. The van der Waals surface area contributed by atoms with E-state index in [1.807, 2.05) is 20.8 Å². The zero-order chi connectivity index (χ0) is 22.3. The summed E-state index contributed by atoms with van der Waals surface area (Å²) in [5, 5.41) is 6.37. The maximum absolute atomic E-state index is 12.5. The van der Waals surface area contributed by atoms with Crippen LogP contribution in [-0.4, -0.2) is 45.2 Å². The van der Waals surface area contributed by atoms with Crippen LogP contribution in [0.5, 0.6) is 0 Å². The van der Waals surface area contributed by atoms with Gasteiger partial charge in [-0.05, 0) is 51.3 Å². The molecule has 1 fully saturated rings. The van der Waals surface area contributed by atoms with E-state index in [9.17, 15) is 8.42 Å². The van der Waals surface area contributed by atoms with Crippen LogP contribution in [0.25, 0.3) is 0 Å². The topological polar surface area (TPSA) is 118 Å². The first-order chi connectivity index (χ1) is 14.9. The lowest BCUT2D eigenvalue weighted by Crippen LogP contribution is -2.36. The number of aromatic nitrogens is 1. The van der Waals surface area contributed by atoms with Crippen molar-refractivity contribution >= 4 is 40.0 Å². The summed E-state index contributed by atoms with van der Waals surface area (Å²) in [6.07, 6.45) is 1.82. The Morgan fingerprint density at radius 2 is 1.97 bits per heavy atom. The molecule has 32 heavy (non-hydrogen) atoms. The van der Waals surface area contributed by atoms with E-state index in [4.69, 9.17) is 9.15 Å². The molecule has 1 unspecified atom stereocenters. The molecule has 3 N–H and O–H groups in total. The molecule has 11 heteroatoms. The summed E-state index contributed by atoms with van der Waals surface area (Å²) in [4.78, 5) is 9.14. The predicted octanol–water partition coefficient (Wildman–Crippen LogP) is 2.62. The van der Waals surface area contributed by atoms with Crippen molar-refractivity contribution in [1.82, 2.24) is 20.3 Å². The summed E-state index contributed by atoms with van der Waals surface area (Å²) in [6, 6.07) is 6.74. The van der Waals surface area contributed by atoms with Crippen LogP contribution < -0.4 is 15.4 Å². The van der Waals surface area contributed by atoms with Crippen molar-refractivity contribution in [3.05, 3.63) is 47.2 Å². The minimum absolute atomic E-state index is 0. The highest BCUT2D eigenvalue weighted by Gasteiger charge is 2.20. The number of nitrogens with one attached hydrogen (secondary N) is 3. The molecule has 2 heterocycles. The van der Waals surface area contributed by atoms with Crippen molar-refractivity contribution in [1.29, 1.82) is 0 Å². The van der Waals surface area contributed by atoms with Crippen LogP contribution in [0, 0.1) is 13.8 Å². The van der Waals surface area contributed by atoms with E-state index in [1.165, 1.54) is 0 Å². The number of guanidine groups is 1. The number of oxazole rings is 1. The van der Waals surface area contributed by atoms with E-state index in [0.29, 0.717) is 44.6 Å². The molecule has 1 aromatic heterocycles. The minimum Gasteiger partial charge on any atom is -0.444 e. The molecule has 1 saturated heterocycles. The average Bonchev–Trinajstić information content (AvgIpc) is 3.39. The minimum atomic E-state index is -3.55. The smallest absolute Gasteiger partial charge is 0.240 e. The molecular formula is C21H32IN5O4S. The van der Waals surface area contributed by atoms with E-state index in [2.05, 4.69) is 25.3 Å². The van der Waals surface area contributed by atoms with E-state index in [1.54, 1.807) is 24.3 Å². The number of rotatable bonds is 9. The van der Waals surface area contributed by atoms with Gasteiger partial charge in [-0.15, -0.1) is 24.0 Å².